The number of hydrogen-bond acceptors (Lipinski definition) is 5. The topological polar surface area (TPSA) is 61.9 Å². The van der Waals surface area contributed by atoms with Crippen molar-refractivity contribution in [1.82, 2.24) is 9.80 Å². The molecule has 6 nitrogen and oxygen atoms in total. The van der Waals surface area contributed by atoms with Crippen molar-refractivity contribution in [3.63, 3.8) is 0 Å². The van der Waals surface area contributed by atoms with Gasteiger partial charge >= 0.3 is 0 Å². The lowest BCUT2D eigenvalue weighted by Gasteiger charge is -2.34. The van der Waals surface area contributed by atoms with E-state index in [0.717, 1.165) is 23.4 Å². The van der Waals surface area contributed by atoms with Gasteiger partial charge in [-0.05, 0) is 46.3 Å². The summed E-state index contributed by atoms with van der Waals surface area (Å²) in [4.78, 5) is 29.8. The lowest BCUT2D eigenvalue weighted by atomic mass is 10.1. The van der Waals surface area contributed by atoms with Crippen LogP contribution in [0.2, 0.25) is 0 Å². The van der Waals surface area contributed by atoms with E-state index in [1.807, 2.05) is 4.90 Å². The van der Waals surface area contributed by atoms with Gasteiger partial charge in [0.1, 0.15) is 5.75 Å². The molecular formula is C18H18BrN3O3S. The van der Waals surface area contributed by atoms with Gasteiger partial charge in [-0.15, -0.1) is 11.3 Å². The van der Waals surface area contributed by atoms with E-state index in [2.05, 4.69) is 38.3 Å². The number of hydrogen-bond donors (Lipinski definition) is 1. The lowest BCUT2D eigenvalue weighted by Crippen LogP contribution is -2.48. The summed E-state index contributed by atoms with van der Waals surface area (Å²) in [6.07, 6.45) is 0. The van der Waals surface area contributed by atoms with Crippen LogP contribution in [0.15, 0.2) is 34.1 Å². The predicted octanol–water partition coefficient (Wildman–Crippen LogP) is 2.80. The van der Waals surface area contributed by atoms with Crippen molar-refractivity contribution in [3.8, 4) is 5.75 Å². The van der Waals surface area contributed by atoms with E-state index in [4.69, 9.17) is 4.74 Å². The van der Waals surface area contributed by atoms with Crippen LogP contribution in [-0.2, 0) is 11.3 Å². The number of carbonyl (C=O) groups excluding carboxylic acids is 2. The maximum atomic E-state index is 12.8. The first-order valence-electron chi connectivity index (χ1n) is 8.41. The van der Waals surface area contributed by atoms with Crippen molar-refractivity contribution in [3.05, 3.63) is 44.6 Å². The molecule has 1 fully saturated rings. The molecule has 136 valence electrons. The molecule has 1 aromatic carbocycles. The van der Waals surface area contributed by atoms with Gasteiger partial charge in [0.2, 0.25) is 0 Å². The summed E-state index contributed by atoms with van der Waals surface area (Å²) in [5.41, 5.74) is 1.14. The highest BCUT2D eigenvalue weighted by atomic mass is 79.9. The van der Waals surface area contributed by atoms with Crippen LogP contribution < -0.4 is 10.1 Å². The number of nitrogens with one attached hydrogen (secondary N) is 1. The quantitative estimate of drug-likeness (QED) is 0.804. The Kier molecular flexibility index (Phi) is 4.97. The average Bonchev–Trinajstić information content (AvgIpc) is 3.06. The zero-order chi connectivity index (χ0) is 18.1. The fourth-order valence-electron chi connectivity index (χ4n) is 3.16. The minimum Gasteiger partial charge on any atom is -0.482 e. The summed E-state index contributed by atoms with van der Waals surface area (Å²) in [7, 11) is 0. The Balaban J connectivity index is 1.37. The highest BCUT2D eigenvalue weighted by Gasteiger charge is 2.24. The van der Waals surface area contributed by atoms with Crippen LogP contribution in [0.25, 0.3) is 0 Å². The van der Waals surface area contributed by atoms with Crippen LogP contribution in [-0.4, -0.2) is 54.4 Å². The molecule has 1 saturated heterocycles. The number of thiophene rings is 1. The fourth-order valence-corrected chi connectivity index (χ4v) is 4.69. The van der Waals surface area contributed by atoms with E-state index in [0.29, 0.717) is 30.1 Å². The second kappa shape index (κ2) is 7.38. The van der Waals surface area contributed by atoms with Gasteiger partial charge in [0.15, 0.2) is 6.61 Å². The smallest absolute Gasteiger partial charge is 0.262 e. The maximum absolute atomic E-state index is 12.8. The first kappa shape index (κ1) is 17.5. The number of fused-ring (bicyclic) bond motifs is 1. The highest BCUT2D eigenvalue weighted by Crippen LogP contribution is 2.29. The first-order valence-corrected chi connectivity index (χ1v) is 10.0. The third-order valence-electron chi connectivity index (χ3n) is 4.53. The molecule has 0 saturated carbocycles. The Morgan fingerprint density at radius 1 is 1.19 bits per heavy atom. The number of nitrogens with zero attached hydrogens (tertiary/aromatic N) is 2. The Morgan fingerprint density at radius 2 is 2.00 bits per heavy atom. The molecule has 2 aromatic rings. The van der Waals surface area contributed by atoms with Crippen molar-refractivity contribution in [2.45, 2.75) is 6.54 Å². The van der Waals surface area contributed by atoms with Gasteiger partial charge in [-0.3, -0.25) is 14.5 Å². The van der Waals surface area contributed by atoms with Crippen LogP contribution in [0.4, 0.5) is 5.69 Å². The molecule has 2 aliphatic heterocycles. The molecule has 1 N–H and O–H groups in total. The molecule has 8 heteroatoms. The van der Waals surface area contributed by atoms with Crippen molar-refractivity contribution >= 4 is 44.8 Å². The van der Waals surface area contributed by atoms with Gasteiger partial charge in [0.25, 0.3) is 11.8 Å². The summed E-state index contributed by atoms with van der Waals surface area (Å²) in [6, 6.07) is 9.40. The molecule has 4 rings (SSSR count). The summed E-state index contributed by atoms with van der Waals surface area (Å²) >= 11 is 5.24. The number of amides is 2. The number of piperazine rings is 1. The van der Waals surface area contributed by atoms with Crippen LogP contribution in [0.3, 0.4) is 0 Å². The maximum Gasteiger partial charge on any atom is 0.262 e. The minimum atomic E-state index is -0.198. The van der Waals surface area contributed by atoms with Crippen molar-refractivity contribution in [1.29, 1.82) is 0 Å². The molecule has 0 atom stereocenters. The Labute approximate surface area is 163 Å². The van der Waals surface area contributed by atoms with Gasteiger partial charge in [0.05, 0.1) is 9.47 Å². The van der Waals surface area contributed by atoms with E-state index in [1.165, 1.54) is 4.88 Å². The molecular weight excluding hydrogens is 418 g/mol. The van der Waals surface area contributed by atoms with Gasteiger partial charge in [-0.2, -0.15) is 0 Å². The monoisotopic (exact) mass is 435 g/mol. The summed E-state index contributed by atoms with van der Waals surface area (Å²) in [6.45, 7) is 4.04. The fraction of sp³-hybridized carbons (Fsp3) is 0.333. The standard InChI is InChI=1S/C18H18BrN3O3S/c19-16-4-2-13(26-16)10-21-5-7-22(8-6-21)18(24)12-1-3-15-14(9-12)20-17(23)11-25-15/h1-4,9H,5-8,10-11H2,(H,20,23). The lowest BCUT2D eigenvalue weighted by molar-refractivity contribution is -0.118. The molecule has 0 aliphatic carbocycles. The highest BCUT2D eigenvalue weighted by molar-refractivity contribution is 9.11. The minimum absolute atomic E-state index is 0.00820. The molecule has 26 heavy (non-hydrogen) atoms. The van der Waals surface area contributed by atoms with Gasteiger partial charge in [0, 0.05) is 43.2 Å². The van der Waals surface area contributed by atoms with E-state index < -0.39 is 0 Å². The van der Waals surface area contributed by atoms with E-state index >= 15 is 0 Å². The molecule has 0 unspecified atom stereocenters. The molecule has 2 amide bonds. The van der Waals surface area contributed by atoms with E-state index in [9.17, 15) is 9.59 Å². The van der Waals surface area contributed by atoms with Gasteiger partial charge in [-0.1, -0.05) is 0 Å². The number of benzene rings is 1. The SMILES string of the molecule is O=C1COc2ccc(C(=O)N3CCN(Cc4ccc(Br)s4)CC3)cc2N1. The summed E-state index contributed by atoms with van der Waals surface area (Å²) < 4.78 is 6.49. The largest absolute Gasteiger partial charge is 0.482 e. The summed E-state index contributed by atoms with van der Waals surface area (Å²) in [5, 5.41) is 2.75. The molecule has 3 heterocycles. The van der Waals surface area contributed by atoms with Crippen LogP contribution in [0.1, 0.15) is 15.2 Å². The molecule has 1 aromatic heterocycles. The molecule has 0 radical (unpaired) electrons. The average molecular weight is 436 g/mol. The normalized spacial score (nSPS) is 17.4. The van der Waals surface area contributed by atoms with Crippen molar-refractivity contribution in [2.75, 3.05) is 38.1 Å². The molecule has 2 aliphatic rings. The number of rotatable bonds is 3. The van der Waals surface area contributed by atoms with Crippen LogP contribution in [0.5, 0.6) is 5.75 Å². The van der Waals surface area contributed by atoms with E-state index in [-0.39, 0.29) is 18.4 Å². The third kappa shape index (κ3) is 3.77. The van der Waals surface area contributed by atoms with Crippen LogP contribution in [0, 0.1) is 0 Å². The zero-order valence-corrected chi connectivity index (χ0v) is 16.4. The van der Waals surface area contributed by atoms with Gasteiger partial charge in [-0.25, -0.2) is 0 Å². The van der Waals surface area contributed by atoms with Crippen LogP contribution >= 0.6 is 27.3 Å². The van der Waals surface area contributed by atoms with Crippen molar-refractivity contribution < 1.29 is 14.3 Å². The zero-order valence-electron chi connectivity index (χ0n) is 14.0. The molecule has 0 spiro atoms. The number of halogens is 1. The Bertz CT molecular complexity index is 846. The number of anilines is 1. The third-order valence-corrected chi connectivity index (χ3v) is 6.14. The Morgan fingerprint density at radius 3 is 2.73 bits per heavy atom. The Hall–Kier alpha value is -1.90. The summed E-state index contributed by atoms with van der Waals surface area (Å²) in [5.74, 6) is 0.398. The van der Waals surface area contributed by atoms with Gasteiger partial charge < -0.3 is 15.0 Å². The predicted molar refractivity (Wildman–Crippen MR) is 104 cm³/mol. The molecule has 0 bridgehead atoms. The van der Waals surface area contributed by atoms with E-state index in [1.54, 1.807) is 29.5 Å². The van der Waals surface area contributed by atoms with Crippen molar-refractivity contribution in [2.24, 2.45) is 0 Å². The number of carbonyl (C=O) groups is 2. The number of ether oxygens (including phenoxy) is 1. The second-order valence-electron chi connectivity index (χ2n) is 6.32. The first-order chi connectivity index (χ1) is 12.6. The second-order valence-corrected chi connectivity index (χ2v) is 8.87.